The van der Waals surface area contributed by atoms with Gasteiger partial charge in [0.15, 0.2) is 0 Å². The van der Waals surface area contributed by atoms with Crippen molar-refractivity contribution in [3.8, 4) is 22.3 Å². The van der Waals surface area contributed by atoms with Gasteiger partial charge in [-0.05, 0) is 0 Å². The fourth-order valence-corrected chi connectivity index (χ4v) is 53.8. The molecule has 0 spiro atoms. The van der Waals surface area contributed by atoms with E-state index in [1.807, 2.05) is 0 Å². The Morgan fingerprint density at radius 1 is 0.583 bits per heavy atom. The van der Waals surface area contributed by atoms with Crippen LogP contribution in [0.3, 0.4) is 0 Å². The quantitative estimate of drug-likeness (QED) is 0.147. The number of allylic oxidation sites excluding steroid dienone is 2. The molecule has 0 heterocycles. The van der Waals surface area contributed by atoms with E-state index < -0.39 is 21.3 Å². The first-order chi connectivity index (χ1) is 22.7. The van der Waals surface area contributed by atoms with Crippen molar-refractivity contribution in [3.63, 3.8) is 0 Å². The second kappa shape index (κ2) is 13.3. The zero-order chi connectivity index (χ0) is 34.7. The third-order valence-electron chi connectivity index (χ3n) is 11.8. The molecule has 0 aromatic heterocycles. The summed E-state index contributed by atoms with van der Waals surface area (Å²) >= 11 is -5.01. The Balaban J connectivity index is 1.62. The molecule has 0 saturated heterocycles. The van der Waals surface area contributed by atoms with E-state index in [4.69, 9.17) is 17.2 Å². The van der Waals surface area contributed by atoms with Crippen LogP contribution in [0, 0.1) is 41.5 Å². The monoisotopic (exact) mass is 859 g/mol. The van der Waals surface area contributed by atoms with Crippen molar-refractivity contribution in [2.24, 2.45) is 0 Å². The maximum atomic E-state index is 8.78. The van der Waals surface area contributed by atoms with Gasteiger partial charge < -0.3 is 0 Å². The van der Waals surface area contributed by atoms with Crippen LogP contribution in [0.4, 0.5) is 0 Å². The van der Waals surface area contributed by atoms with Crippen molar-refractivity contribution in [1.82, 2.24) is 0 Å². The van der Waals surface area contributed by atoms with E-state index in [1.165, 1.54) is 89.0 Å². The van der Waals surface area contributed by atoms with Gasteiger partial charge in [-0.2, -0.15) is 0 Å². The molecule has 0 bridgehead atoms. The summed E-state index contributed by atoms with van der Waals surface area (Å²) in [7, 11) is 17.6. The molecule has 2 aliphatic carbocycles. The van der Waals surface area contributed by atoms with Crippen molar-refractivity contribution >= 4 is 35.3 Å². The van der Waals surface area contributed by atoms with Crippen LogP contribution in [0.25, 0.3) is 34.4 Å². The average molecular weight is 859 g/mol. The van der Waals surface area contributed by atoms with Gasteiger partial charge in [0.2, 0.25) is 0 Å². The third kappa shape index (κ3) is 5.66. The first kappa shape index (κ1) is 35.8. The summed E-state index contributed by atoms with van der Waals surface area (Å²) in [6, 6.07) is 23.3. The maximum absolute atomic E-state index is 8.78. The summed E-state index contributed by atoms with van der Waals surface area (Å²) < 4.78 is 0.252. The van der Waals surface area contributed by atoms with Crippen molar-refractivity contribution in [1.29, 1.82) is 0 Å². The van der Waals surface area contributed by atoms with Crippen LogP contribution in [0.1, 0.15) is 103 Å². The van der Waals surface area contributed by atoms with Gasteiger partial charge in [0, 0.05) is 0 Å². The number of aryl methyl sites for hydroxylation is 4. The van der Waals surface area contributed by atoms with Gasteiger partial charge in [-0.15, -0.1) is 0 Å². The van der Waals surface area contributed by atoms with Gasteiger partial charge in [0.25, 0.3) is 0 Å². The summed E-state index contributed by atoms with van der Waals surface area (Å²) in [4.78, 5) is 0. The molecular weight excluding hydrogens is 806 g/mol. The normalized spacial score (nSPS) is 18.0. The molecule has 0 amide bonds. The van der Waals surface area contributed by atoms with E-state index >= 15 is 0 Å². The zero-order valence-electron chi connectivity index (χ0n) is 30.7. The van der Waals surface area contributed by atoms with Gasteiger partial charge >= 0.3 is 302 Å². The minimum atomic E-state index is -5.01. The molecule has 0 N–H and O–H groups in total. The topological polar surface area (TPSA) is 0 Å². The van der Waals surface area contributed by atoms with E-state index in [2.05, 4.69) is 141 Å². The van der Waals surface area contributed by atoms with E-state index in [9.17, 15) is 0 Å². The number of halogens is 2. The van der Waals surface area contributed by atoms with Crippen LogP contribution in [0.5, 0.6) is 0 Å². The van der Waals surface area contributed by atoms with Crippen molar-refractivity contribution in [2.45, 2.75) is 102 Å². The molecule has 0 fully saturated rings. The van der Waals surface area contributed by atoms with E-state index in [0.717, 1.165) is 25.7 Å². The Morgan fingerprint density at radius 3 is 1.33 bits per heavy atom. The summed E-state index contributed by atoms with van der Waals surface area (Å²) in [5.74, 6) is -1.63. The minimum absolute atomic E-state index is 0.126. The summed E-state index contributed by atoms with van der Waals surface area (Å²) in [6.45, 7) is 23.0. The van der Waals surface area contributed by atoms with E-state index in [-0.39, 0.29) is 7.35 Å². The summed E-state index contributed by atoms with van der Waals surface area (Å²) in [5.41, 5.74) is 21.8. The average Bonchev–Trinajstić information content (AvgIpc) is 3.60. The fourth-order valence-electron chi connectivity index (χ4n) is 9.18. The molecule has 4 aromatic carbocycles. The Morgan fingerprint density at radius 2 is 0.979 bits per heavy atom. The predicted molar refractivity (Wildman–Crippen MR) is 214 cm³/mol. The number of fused-ring (bicyclic) bond motifs is 2. The molecule has 0 nitrogen and oxygen atoms in total. The number of hydrogen-bond donors (Lipinski definition) is 0. The number of rotatable bonds is 9. The Kier molecular flexibility index (Phi) is 9.93. The number of benzene rings is 4. The summed E-state index contributed by atoms with van der Waals surface area (Å²) in [6.07, 6.45) is 9.30. The standard InChI is InChI=1S/2C21H23.C2H7Si.2ClH.Hf/c2*1-5-7-17-12-18-8-6-9-19(21(18)13-17)20-11-14(2)10-15(3)16(20)4;1-3-2;;;/h2*6,8-13H,5,7H2,1-4H3;3H,1-2H3;2*1H;/q;;;;;+2/p-2. The molecule has 0 saturated carbocycles. The van der Waals surface area contributed by atoms with Gasteiger partial charge in [-0.25, -0.2) is 0 Å². The molecule has 0 aliphatic heterocycles. The molecule has 2 aliphatic rings. The van der Waals surface area contributed by atoms with E-state index in [1.54, 1.807) is 0 Å². The SMILES string of the molecule is CCCC1=Cc2c(-c3cc(C)cc(C)c3C)cccc2[CH]1[Hf]([Cl])([Cl])([CH]1C(CCC)=Cc2c(-c3cc(C)cc(C)c3C)cccc21)[SiH](C)C. The van der Waals surface area contributed by atoms with Gasteiger partial charge in [-0.3, -0.25) is 0 Å². The van der Waals surface area contributed by atoms with Crippen molar-refractivity contribution in [3.05, 3.63) is 127 Å². The Labute approximate surface area is 299 Å². The predicted octanol–water partition coefficient (Wildman–Crippen LogP) is 14.0. The molecular formula is C44H53Cl2HfSi. The molecule has 2 atom stereocenters. The number of hydrogen-bond acceptors (Lipinski definition) is 0. The van der Waals surface area contributed by atoms with Gasteiger partial charge in [-0.1, -0.05) is 0 Å². The first-order valence-electron chi connectivity index (χ1n) is 18.1. The molecule has 251 valence electrons. The molecule has 4 heteroatoms. The second-order valence-corrected chi connectivity index (χ2v) is 74.6. The third-order valence-corrected chi connectivity index (χ3v) is 84.6. The van der Waals surface area contributed by atoms with E-state index in [0.29, 0.717) is 0 Å². The van der Waals surface area contributed by atoms with Crippen LogP contribution < -0.4 is 0 Å². The Bertz CT molecular complexity index is 1860. The molecule has 4 aromatic rings. The van der Waals surface area contributed by atoms with Crippen LogP contribution in [0.2, 0.25) is 13.1 Å². The van der Waals surface area contributed by atoms with Crippen molar-refractivity contribution < 1.29 is 15.3 Å². The van der Waals surface area contributed by atoms with Crippen LogP contribution in [-0.2, 0) is 15.3 Å². The fraction of sp³-hybridized carbons (Fsp3) is 0.364. The van der Waals surface area contributed by atoms with Gasteiger partial charge in [0.1, 0.15) is 0 Å². The first-order valence-corrected chi connectivity index (χ1v) is 40.3. The Hall–Kier alpha value is -1.97. The van der Waals surface area contributed by atoms with Gasteiger partial charge in [0.05, 0.1) is 0 Å². The molecule has 6 rings (SSSR count). The summed E-state index contributed by atoms with van der Waals surface area (Å²) in [5, 5.41) is 0. The molecule has 0 radical (unpaired) electrons. The molecule has 48 heavy (non-hydrogen) atoms. The zero-order valence-corrected chi connectivity index (χ0v) is 37.0. The van der Waals surface area contributed by atoms with Crippen LogP contribution in [0.15, 0.2) is 71.8 Å². The molecule has 2 unspecified atom stereocenters. The van der Waals surface area contributed by atoms with Crippen LogP contribution in [-0.4, -0.2) is 5.98 Å². The van der Waals surface area contributed by atoms with Crippen LogP contribution >= 0.6 is 17.2 Å². The van der Waals surface area contributed by atoms with Crippen molar-refractivity contribution in [2.75, 3.05) is 0 Å². The second-order valence-electron chi connectivity index (χ2n) is 15.3.